The molecule has 0 bridgehead atoms. The van der Waals surface area contributed by atoms with Crippen LogP contribution in [-0.2, 0) is 4.79 Å². The maximum absolute atomic E-state index is 12.0. The molecule has 0 radical (unpaired) electrons. The van der Waals surface area contributed by atoms with Gasteiger partial charge in [0.15, 0.2) is 0 Å². The van der Waals surface area contributed by atoms with Crippen LogP contribution in [0.5, 0.6) is 0 Å². The van der Waals surface area contributed by atoms with Gasteiger partial charge in [-0.1, -0.05) is 5.16 Å². The van der Waals surface area contributed by atoms with Crippen molar-refractivity contribution in [3.8, 4) is 0 Å². The van der Waals surface area contributed by atoms with Crippen LogP contribution in [-0.4, -0.2) is 28.7 Å². The van der Waals surface area contributed by atoms with Crippen LogP contribution < -0.4 is 5.32 Å². The molecule has 6 nitrogen and oxygen atoms in total. The molecule has 1 aromatic rings. The minimum absolute atomic E-state index is 0.246. The zero-order chi connectivity index (χ0) is 14.0. The first-order chi connectivity index (χ1) is 8.92. The SMILES string of the molecule is CC(C)(CCNC(=O)c1conc1C1CC1)C(=O)O. The number of hydrogen-bond acceptors (Lipinski definition) is 4. The van der Waals surface area contributed by atoms with Gasteiger partial charge in [0.25, 0.3) is 5.91 Å². The third-order valence-corrected chi connectivity index (χ3v) is 3.42. The second-order valence-electron chi connectivity index (χ2n) is 5.58. The summed E-state index contributed by atoms with van der Waals surface area (Å²) < 4.78 is 4.85. The van der Waals surface area contributed by atoms with Gasteiger partial charge in [-0.25, -0.2) is 0 Å². The van der Waals surface area contributed by atoms with Gasteiger partial charge in [0.1, 0.15) is 11.8 Å². The van der Waals surface area contributed by atoms with Crippen LogP contribution in [0.25, 0.3) is 0 Å². The first-order valence-electron chi connectivity index (χ1n) is 6.37. The maximum Gasteiger partial charge on any atom is 0.309 e. The number of aromatic nitrogens is 1. The largest absolute Gasteiger partial charge is 0.481 e. The molecule has 1 aliphatic carbocycles. The molecule has 2 N–H and O–H groups in total. The lowest BCUT2D eigenvalue weighted by atomic mass is 9.90. The predicted octanol–water partition coefficient (Wildman–Crippen LogP) is 1.78. The Labute approximate surface area is 111 Å². The Bertz CT molecular complexity index is 489. The van der Waals surface area contributed by atoms with Gasteiger partial charge < -0.3 is 14.9 Å². The van der Waals surface area contributed by atoms with Gasteiger partial charge in [0, 0.05) is 12.5 Å². The van der Waals surface area contributed by atoms with Crippen molar-refractivity contribution in [2.24, 2.45) is 5.41 Å². The van der Waals surface area contributed by atoms with Crippen molar-refractivity contribution in [3.05, 3.63) is 17.5 Å². The van der Waals surface area contributed by atoms with Crippen LogP contribution in [0.3, 0.4) is 0 Å². The molecule has 6 heteroatoms. The lowest BCUT2D eigenvalue weighted by molar-refractivity contribution is -0.147. The van der Waals surface area contributed by atoms with Crippen molar-refractivity contribution in [2.45, 2.75) is 39.0 Å². The molecule has 0 aromatic carbocycles. The lowest BCUT2D eigenvalue weighted by Crippen LogP contribution is -2.32. The summed E-state index contributed by atoms with van der Waals surface area (Å²) in [5.41, 5.74) is 0.340. The summed E-state index contributed by atoms with van der Waals surface area (Å²) in [6.07, 6.45) is 3.81. The highest BCUT2D eigenvalue weighted by atomic mass is 16.5. The van der Waals surface area contributed by atoms with Gasteiger partial charge in [-0.3, -0.25) is 9.59 Å². The Kier molecular flexibility index (Phi) is 3.59. The summed E-state index contributed by atoms with van der Waals surface area (Å²) in [4.78, 5) is 22.9. The van der Waals surface area contributed by atoms with E-state index in [-0.39, 0.29) is 5.91 Å². The van der Waals surface area contributed by atoms with E-state index in [1.807, 2.05) is 0 Å². The molecule has 0 aliphatic heterocycles. The summed E-state index contributed by atoms with van der Waals surface area (Å²) in [7, 11) is 0. The highest BCUT2D eigenvalue weighted by molar-refractivity contribution is 5.95. The van der Waals surface area contributed by atoms with Gasteiger partial charge in [-0.15, -0.1) is 0 Å². The Morgan fingerprint density at radius 2 is 2.21 bits per heavy atom. The summed E-state index contributed by atoms with van der Waals surface area (Å²) >= 11 is 0. The number of carbonyl (C=O) groups excluding carboxylic acids is 1. The molecule has 2 rings (SSSR count). The highest BCUT2D eigenvalue weighted by Crippen LogP contribution is 2.40. The molecular formula is C13H18N2O4. The van der Waals surface area contributed by atoms with Crippen molar-refractivity contribution in [1.29, 1.82) is 0 Å². The second kappa shape index (κ2) is 5.03. The Hall–Kier alpha value is -1.85. The molecule has 1 fully saturated rings. The normalized spacial score (nSPS) is 15.3. The minimum Gasteiger partial charge on any atom is -0.481 e. The van der Waals surface area contributed by atoms with Crippen molar-refractivity contribution >= 4 is 11.9 Å². The fourth-order valence-electron chi connectivity index (χ4n) is 1.76. The van der Waals surface area contributed by atoms with Gasteiger partial charge in [0.05, 0.1) is 11.1 Å². The standard InChI is InChI=1S/C13H18N2O4/c1-13(2,12(17)18)5-6-14-11(16)9-7-19-15-10(9)8-3-4-8/h7-8H,3-6H2,1-2H3,(H,14,16)(H,17,18). The van der Waals surface area contributed by atoms with Crippen LogP contribution in [0.15, 0.2) is 10.8 Å². The molecule has 0 atom stereocenters. The molecule has 1 saturated carbocycles. The first kappa shape index (κ1) is 13.6. The first-order valence-corrected chi connectivity index (χ1v) is 6.37. The smallest absolute Gasteiger partial charge is 0.309 e. The molecule has 0 unspecified atom stereocenters. The van der Waals surface area contributed by atoms with Crippen molar-refractivity contribution in [1.82, 2.24) is 10.5 Å². The Morgan fingerprint density at radius 1 is 1.53 bits per heavy atom. The van der Waals surface area contributed by atoms with E-state index >= 15 is 0 Å². The summed E-state index contributed by atoms with van der Waals surface area (Å²) in [6.45, 7) is 3.58. The van der Waals surface area contributed by atoms with Crippen molar-refractivity contribution in [3.63, 3.8) is 0 Å². The highest BCUT2D eigenvalue weighted by Gasteiger charge is 2.32. The van der Waals surface area contributed by atoms with E-state index in [0.717, 1.165) is 18.5 Å². The number of nitrogens with one attached hydrogen (secondary N) is 1. The van der Waals surface area contributed by atoms with Crippen LogP contribution in [0, 0.1) is 5.41 Å². The number of hydrogen-bond donors (Lipinski definition) is 2. The molecule has 104 valence electrons. The molecule has 0 saturated heterocycles. The lowest BCUT2D eigenvalue weighted by Gasteiger charge is -2.18. The van der Waals surface area contributed by atoms with Crippen molar-refractivity contribution in [2.75, 3.05) is 6.54 Å². The second-order valence-corrected chi connectivity index (χ2v) is 5.58. The zero-order valence-electron chi connectivity index (χ0n) is 11.1. The molecular weight excluding hydrogens is 248 g/mol. The number of aliphatic carboxylic acids is 1. The number of carbonyl (C=O) groups is 2. The molecule has 1 amide bonds. The van der Waals surface area contributed by atoms with Gasteiger partial charge >= 0.3 is 5.97 Å². The Balaban J connectivity index is 1.88. The van der Waals surface area contributed by atoms with Crippen molar-refractivity contribution < 1.29 is 19.2 Å². The van der Waals surface area contributed by atoms with Crippen LogP contribution in [0.1, 0.15) is 55.1 Å². The van der Waals surface area contributed by atoms with E-state index in [0.29, 0.717) is 24.4 Å². The predicted molar refractivity (Wildman–Crippen MR) is 66.8 cm³/mol. The monoisotopic (exact) mass is 266 g/mol. The molecule has 0 spiro atoms. The third-order valence-electron chi connectivity index (χ3n) is 3.42. The summed E-state index contributed by atoms with van der Waals surface area (Å²) in [5, 5.41) is 15.5. The van der Waals surface area contributed by atoms with E-state index in [2.05, 4.69) is 10.5 Å². The number of carboxylic acids is 1. The fraction of sp³-hybridized carbons (Fsp3) is 0.615. The van der Waals surface area contributed by atoms with Crippen LogP contribution >= 0.6 is 0 Å². The average molecular weight is 266 g/mol. The third kappa shape index (κ3) is 3.13. The van der Waals surface area contributed by atoms with Crippen LogP contribution in [0.2, 0.25) is 0 Å². The van der Waals surface area contributed by atoms with Gasteiger partial charge in [-0.05, 0) is 33.1 Å². The summed E-state index contributed by atoms with van der Waals surface area (Å²) in [5.74, 6) is -0.773. The molecule has 1 aliphatic rings. The van der Waals surface area contributed by atoms with Gasteiger partial charge in [-0.2, -0.15) is 0 Å². The topological polar surface area (TPSA) is 92.4 Å². The van der Waals surface area contributed by atoms with Gasteiger partial charge in [0.2, 0.25) is 0 Å². The summed E-state index contributed by atoms with van der Waals surface area (Å²) in [6, 6.07) is 0. The molecule has 1 heterocycles. The number of nitrogens with zero attached hydrogens (tertiary/aromatic N) is 1. The average Bonchev–Trinajstić information content (AvgIpc) is 3.06. The maximum atomic E-state index is 12.0. The quantitative estimate of drug-likeness (QED) is 0.818. The fourth-order valence-corrected chi connectivity index (χ4v) is 1.76. The van der Waals surface area contributed by atoms with E-state index < -0.39 is 11.4 Å². The van der Waals surface area contributed by atoms with E-state index in [4.69, 9.17) is 9.63 Å². The van der Waals surface area contributed by atoms with E-state index in [1.165, 1.54) is 6.26 Å². The van der Waals surface area contributed by atoms with E-state index in [9.17, 15) is 9.59 Å². The molecule has 1 aromatic heterocycles. The zero-order valence-corrected chi connectivity index (χ0v) is 11.1. The van der Waals surface area contributed by atoms with Crippen LogP contribution in [0.4, 0.5) is 0 Å². The number of carboxylic acid groups (broad SMARTS) is 1. The number of rotatable bonds is 6. The molecule has 19 heavy (non-hydrogen) atoms. The minimum atomic E-state index is -0.870. The van der Waals surface area contributed by atoms with E-state index in [1.54, 1.807) is 13.8 Å². The Morgan fingerprint density at radius 3 is 2.79 bits per heavy atom. The number of amides is 1.